The molecule has 0 radical (unpaired) electrons. The molecule has 14 heavy (non-hydrogen) atoms. The minimum Gasteiger partial charge on any atom is -0.177 e. The molecule has 1 aromatic carbocycles. The second-order valence-electron chi connectivity index (χ2n) is 3.57. The van der Waals surface area contributed by atoms with Crippen molar-refractivity contribution in [3.63, 3.8) is 0 Å². The molecule has 0 unspecified atom stereocenters. The van der Waals surface area contributed by atoms with Crippen molar-refractivity contribution in [3.8, 4) is 11.4 Å². The van der Waals surface area contributed by atoms with E-state index < -0.39 is 0 Å². The van der Waals surface area contributed by atoms with Crippen LogP contribution in [0.4, 0.5) is 0 Å². The van der Waals surface area contributed by atoms with Crippen molar-refractivity contribution in [3.05, 3.63) is 29.3 Å². The van der Waals surface area contributed by atoms with Gasteiger partial charge in [-0.3, -0.25) is 0 Å². The summed E-state index contributed by atoms with van der Waals surface area (Å²) >= 11 is 0. The highest BCUT2D eigenvalue weighted by atomic mass is 15.5. The Morgan fingerprint density at radius 1 is 1.14 bits per heavy atom. The molecule has 1 heterocycles. The Balaban J connectivity index is 2.09. The fraction of sp³-hybridized carbons (Fsp3) is 0.300. The first kappa shape index (κ1) is 7.67. The first-order valence-corrected chi connectivity index (χ1v) is 4.79. The maximum Gasteiger partial charge on any atom is 0.204 e. The molecule has 1 aromatic heterocycles. The number of aromatic nitrogens is 4. The summed E-state index contributed by atoms with van der Waals surface area (Å²) in [5.74, 6) is 0.680. The Morgan fingerprint density at radius 3 is 2.93 bits per heavy atom. The Hall–Kier alpha value is -1.71. The number of H-pyrrole nitrogens is 1. The summed E-state index contributed by atoms with van der Waals surface area (Å²) in [7, 11) is 0. The van der Waals surface area contributed by atoms with E-state index in [0.717, 1.165) is 5.56 Å². The lowest BCUT2D eigenvalue weighted by atomic mass is 10.1. The third-order valence-corrected chi connectivity index (χ3v) is 2.70. The van der Waals surface area contributed by atoms with Crippen molar-refractivity contribution in [2.75, 3.05) is 0 Å². The summed E-state index contributed by atoms with van der Waals surface area (Å²) in [6.07, 6.45) is 3.66. The fourth-order valence-electron chi connectivity index (χ4n) is 2.00. The largest absolute Gasteiger partial charge is 0.204 e. The third-order valence-electron chi connectivity index (χ3n) is 2.70. The Morgan fingerprint density at radius 2 is 2.07 bits per heavy atom. The van der Waals surface area contributed by atoms with Gasteiger partial charge < -0.3 is 0 Å². The number of aromatic amines is 1. The highest BCUT2D eigenvalue weighted by Crippen LogP contribution is 2.25. The zero-order valence-electron chi connectivity index (χ0n) is 7.70. The van der Waals surface area contributed by atoms with Crippen LogP contribution in [0.3, 0.4) is 0 Å². The highest BCUT2D eigenvalue weighted by molar-refractivity contribution is 5.57. The number of nitrogens with zero attached hydrogens (tertiary/aromatic N) is 3. The smallest absolute Gasteiger partial charge is 0.177 e. The van der Waals surface area contributed by atoms with Crippen LogP contribution in [0.25, 0.3) is 11.4 Å². The molecule has 70 valence electrons. The number of benzene rings is 1. The van der Waals surface area contributed by atoms with Gasteiger partial charge in [-0.05, 0) is 41.7 Å². The Labute approximate surface area is 81.4 Å². The number of aryl methyl sites for hydroxylation is 2. The quantitative estimate of drug-likeness (QED) is 0.731. The maximum atomic E-state index is 3.96. The number of fused-ring (bicyclic) bond motifs is 1. The second-order valence-corrected chi connectivity index (χ2v) is 3.57. The van der Waals surface area contributed by atoms with Crippen LogP contribution in [-0.4, -0.2) is 20.6 Å². The predicted octanol–water partition coefficient (Wildman–Crippen LogP) is 1.36. The van der Waals surface area contributed by atoms with Gasteiger partial charge in [-0.2, -0.15) is 5.21 Å². The van der Waals surface area contributed by atoms with E-state index in [1.54, 1.807) is 0 Å². The van der Waals surface area contributed by atoms with E-state index in [0.29, 0.717) is 5.82 Å². The molecule has 1 N–H and O–H groups in total. The molecule has 0 atom stereocenters. The lowest BCUT2D eigenvalue weighted by Crippen LogP contribution is -1.86. The van der Waals surface area contributed by atoms with Crippen LogP contribution in [-0.2, 0) is 12.8 Å². The summed E-state index contributed by atoms with van der Waals surface area (Å²) in [6, 6.07) is 6.41. The van der Waals surface area contributed by atoms with Crippen molar-refractivity contribution in [1.29, 1.82) is 0 Å². The van der Waals surface area contributed by atoms with E-state index in [-0.39, 0.29) is 0 Å². The third kappa shape index (κ3) is 1.11. The van der Waals surface area contributed by atoms with E-state index in [1.807, 2.05) is 0 Å². The maximum absolute atomic E-state index is 3.96. The van der Waals surface area contributed by atoms with Gasteiger partial charge in [-0.15, -0.1) is 10.2 Å². The molecule has 2 aromatic rings. The number of rotatable bonds is 1. The van der Waals surface area contributed by atoms with Crippen molar-refractivity contribution >= 4 is 0 Å². The molecule has 1 aliphatic rings. The molecule has 0 saturated heterocycles. The standard InChI is InChI=1S/C10H10N4/c1-2-7-4-5-9(6-8(7)3-1)10-11-13-14-12-10/h4-6H,1-3H2,(H,11,12,13,14). The normalized spacial score (nSPS) is 14.3. The first-order chi connectivity index (χ1) is 6.93. The summed E-state index contributed by atoms with van der Waals surface area (Å²) < 4.78 is 0. The zero-order chi connectivity index (χ0) is 9.38. The van der Waals surface area contributed by atoms with E-state index in [9.17, 15) is 0 Å². The van der Waals surface area contributed by atoms with Gasteiger partial charge in [-0.25, -0.2) is 0 Å². The van der Waals surface area contributed by atoms with Gasteiger partial charge >= 0.3 is 0 Å². The fourth-order valence-corrected chi connectivity index (χ4v) is 2.00. The summed E-state index contributed by atoms with van der Waals surface area (Å²) in [6.45, 7) is 0. The van der Waals surface area contributed by atoms with Crippen LogP contribution in [0.2, 0.25) is 0 Å². The van der Waals surface area contributed by atoms with Crippen LogP contribution >= 0.6 is 0 Å². The molecular weight excluding hydrogens is 176 g/mol. The van der Waals surface area contributed by atoms with Gasteiger partial charge in [0.25, 0.3) is 0 Å². The van der Waals surface area contributed by atoms with Gasteiger partial charge in [-0.1, -0.05) is 12.1 Å². The van der Waals surface area contributed by atoms with Crippen molar-refractivity contribution < 1.29 is 0 Å². The van der Waals surface area contributed by atoms with Gasteiger partial charge in [0.05, 0.1) is 0 Å². The molecule has 0 bridgehead atoms. The van der Waals surface area contributed by atoms with Crippen LogP contribution in [0.5, 0.6) is 0 Å². The van der Waals surface area contributed by atoms with Crippen molar-refractivity contribution in [2.45, 2.75) is 19.3 Å². The molecule has 0 fully saturated rings. The molecule has 0 aliphatic heterocycles. The van der Waals surface area contributed by atoms with E-state index in [2.05, 4.69) is 38.8 Å². The average molecular weight is 186 g/mol. The van der Waals surface area contributed by atoms with Crippen molar-refractivity contribution in [2.24, 2.45) is 0 Å². The lowest BCUT2D eigenvalue weighted by Gasteiger charge is -2.00. The molecule has 0 spiro atoms. The Bertz CT molecular complexity index is 447. The number of nitrogens with one attached hydrogen (secondary N) is 1. The highest BCUT2D eigenvalue weighted by Gasteiger charge is 2.12. The summed E-state index contributed by atoms with van der Waals surface area (Å²) in [5.41, 5.74) is 3.96. The average Bonchev–Trinajstić information content (AvgIpc) is 2.88. The first-order valence-electron chi connectivity index (χ1n) is 4.79. The number of hydrogen-bond acceptors (Lipinski definition) is 3. The minimum atomic E-state index is 0.680. The van der Waals surface area contributed by atoms with Gasteiger partial charge in [0.2, 0.25) is 5.82 Å². The van der Waals surface area contributed by atoms with Crippen LogP contribution in [0.15, 0.2) is 18.2 Å². The molecule has 0 amide bonds. The monoisotopic (exact) mass is 186 g/mol. The topological polar surface area (TPSA) is 54.5 Å². The Kier molecular flexibility index (Phi) is 1.59. The zero-order valence-corrected chi connectivity index (χ0v) is 7.70. The van der Waals surface area contributed by atoms with Gasteiger partial charge in [0, 0.05) is 5.56 Å². The summed E-state index contributed by atoms with van der Waals surface area (Å²) in [5, 5.41) is 14.0. The van der Waals surface area contributed by atoms with Crippen LogP contribution in [0.1, 0.15) is 17.5 Å². The predicted molar refractivity (Wildman–Crippen MR) is 51.6 cm³/mol. The van der Waals surface area contributed by atoms with Crippen LogP contribution < -0.4 is 0 Å². The van der Waals surface area contributed by atoms with E-state index in [4.69, 9.17) is 0 Å². The number of hydrogen-bond donors (Lipinski definition) is 1. The molecule has 0 saturated carbocycles. The number of tetrazole rings is 1. The van der Waals surface area contributed by atoms with E-state index >= 15 is 0 Å². The van der Waals surface area contributed by atoms with Crippen molar-refractivity contribution in [1.82, 2.24) is 20.6 Å². The second kappa shape index (κ2) is 2.90. The minimum absolute atomic E-state index is 0.680. The molecule has 4 heteroatoms. The molecular formula is C10H10N4. The van der Waals surface area contributed by atoms with E-state index in [1.165, 1.54) is 30.4 Å². The molecule has 3 rings (SSSR count). The molecule has 4 nitrogen and oxygen atoms in total. The lowest BCUT2D eigenvalue weighted by molar-refractivity contribution is 0.881. The van der Waals surface area contributed by atoms with Gasteiger partial charge in [0.1, 0.15) is 0 Å². The molecule has 1 aliphatic carbocycles. The van der Waals surface area contributed by atoms with Crippen LogP contribution in [0, 0.1) is 0 Å². The van der Waals surface area contributed by atoms with Gasteiger partial charge in [0.15, 0.2) is 0 Å². The summed E-state index contributed by atoms with van der Waals surface area (Å²) in [4.78, 5) is 0. The SMILES string of the molecule is c1cc2c(cc1-c1nn[nH]n1)CCC2.